The van der Waals surface area contributed by atoms with Crippen molar-refractivity contribution in [2.75, 3.05) is 6.61 Å². The van der Waals surface area contributed by atoms with Gasteiger partial charge in [-0.2, -0.15) is 0 Å². The third-order valence-electron chi connectivity index (χ3n) is 7.49. The Bertz CT molecular complexity index is 948. The van der Waals surface area contributed by atoms with Gasteiger partial charge >= 0.3 is 0 Å². The fourth-order valence-electron chi connectivity index (χ4n) is 5.34. The lowest BCUT2D eigenvalue weighted by atomic mass is 9.82. The van der Waals surface area contributed by atoms with Crippen LogP contribution < -0.4 is 0 Å². The molecule has 6 heteroatoms. The fourth-order valence-corrected chi connectivity index (χ4v) is 5.34. The van der Waals surface area contributed by atoms with Crippen LogP contribution in [0.1, 0.15) is 92.4 Å². The standard InChI is InChI=1S/C28H35F3O3/c1-2-33-16-21-4-3-20(15-26(21)29)18-7-12-24(13-8-18)34-17-22-9-14-25(28(31)27(22)30)19-5-10-23(32)11-6-19/h3-4,9,14-15,18-19,23-24,32H,2,5-8,10-13,16-17H2,1H3. The van der Waals surface area contributed by atoms with Crippen molar-refractivity contribution >= 4 is 0 Å². The van der Waals surface area contributed by atoms with E-state index in [1.54, 1.807) is 24.3 Å². The van der Waals surface area contributed by atoms with Crippen molar-refractivity contribution in [2.45, 2.75) is 95.5 Å². The van der Waals surface area contributed by atoms with Crippen molar-refractivity contribution in [3.8, 4) is 0 Å². The quantitative estimate of drug-likeness (QED) is 0.450. The minimum absolute atomic E-state index is 0.0136. The first-order valence-corrected chi connectivity index (χ1v) is 12.6. The molecule has 0 unspecified atom stereocenters. The van der Waals surface area contributed by atoms with Gasteiger partial charge in [0.15, 0.2) is 11.6 Å². The van der Waals surface area contributed by atoms with Crippen LogP contribution in [0.25, 0.3) is 0 Å². The van der Waals surface area contributed by atoms with Crippen LogP contribution in [0.5, 0.6) is 0 Å². The molecule has 0 atom stereocenters. The molecule has 3 nitrogen and oxygen atoms in total. The maximum Gasteiger partial charge on any atom is 0.164 e. The minimum atomic E-state index is -0.820. The largest absolute Gasteiger partial charge is 0.393 e. The summed E-state index contributed by atoms with van der Waals surface area (Å²) >= 11 is 0. The van der Waals surface area contributed by atoms with Crippen molar-refractivity contribution in [3.05, 3.63) is 70.0 Å². The van der Waals surface area contributed by atoms with E-state index >= 15 is 0 Å². The summed E-state index contributed by atoms with van der Waals surface area (Å²) in [5, 5.41) is 9.66. The van der Waals surface area contributed by atoms with E-state index in [4.69, 9.17) is 9.47 Å². The average Bonchev–Trinajstić information content (AvgIpc) is 2.85. The summed E-state index contributed by atoms with van der Waals surface area (Å²) < 4.78 is 55.1. The lowest BCUT2D eigenvalue weighted by molar-refractivity contribution is 0.0118. The Kier molecular flexibility index (Phi) is 8.67. The summed E-state index contributed by atoms with van der Waals surface area (Å²) in [5.41, 5.74) is 2.22. The van der Waals surface area contributed by atoms with Gasteiger partial charge in [0.2, 0.25) is 0 Å². The van der Waals surface area contributed by atoms with Crippen LogP contribution in [0.3, 0.4) is 0 Å². The van der Waals surface area contributed by atoms with Crippen LogP contribution in [0.4, 0.5) is 13.2 Å². The van der Waals surface area contributed by atoms with Gasteiger partial charge in [-0.05, 0) is 87.3 Å². The third kappa shape index (κ3) is 6.02. The second-order valence-corrected chi connectivity index (χ2v) is 9.72. The molecule has 0 aromatic heterocycles. The lowest BCUT2D eigenvalue weighted by Crippen LogP contribution is -2.21. The molecule has 34 heavy (non-hydrogen) atoms. The smallest absolute Gasteiger partial charge is 0.164 e. The molecule has 0 bridgehead atoms. The van der Waals surface area contributed by atoms with Gasteiger partial charge in [-0.15, -0.1) is 0 Å². The second-order valence-electron chi connectivity index (χ2n) is 9.72. The van der Waals surface area contributed by atoms with E-state index in [2.05, 4.69) is 0 Å². The van der Waals surface area contributed by atoms with Gasteiger partial charge in [0.1, 0.15) is 5.82 Å². The second kappa shape index (κ2) is 11.7. The molecule has 1 N–H and O–H groups in total. The van der Waals surface area contributed by atoms with E-state index in [0.717, 1.165) is 31.2 Å². The summed E-state index contributed by atoms with van der Waals surface area (Å²) in [5.74, 6) is -1.59. The average molecular weight is 477 g/mol. The van der Waals surface area contributed by atoms with Crippen molar-refractivity contribution in [3.63, 3.8) is 0 Å². The van der Waals surface area contributed by atoms with Gasteiger partial charge in [0.05, 0.1) is 25.4 Å². The summed E-state index contributed by atoms with van der Waals surface area (Å²) in [6.07, 6.45) is 5.62. The van der Waals surface area contributed by atoms with Gasteiger partial charge in [-0.1, -0.05) is 24.3 Å². The van der Waals surface area contributed by atoms with Crippen molar-refractivity contribution in [2.24, 2.45) is 0 Å². The highest BCUT2D eigenvalue weighted by Gasteiger charge is 2.27. The van der Waals surface area contributed by atoms with E-state index in [9.17, 15) is 18.3 Å². The molecule has 2 saturated carbocycles. The maximum absolute atomic E-state index is 14.7. The number of aliphatic hydroxyl groups is 1. The van der Waals surface area contributed by atoms with Gasteiger partial charge in [-0.3, -0.25) is 0 Å². The normalized spacial score (nSPS) is 25.4. The highest BCUT2D eigenvalue weighted by Crippen LogP contribution is 2.37. The van der Waals surface area contributed by atoms with Crippen LogP contribution in [-0.4, -0.2) is 23.9 Å². The van der Waals surface area contributed by atoms with Crippen LogP contribution in [0.2, 0.25) is 0 Å². The van der Waals surface area contributed by atoms with Gasteiger partial charge in [-0.25, -0.2) is 13.2 Å². The van der Waals surface area contributed by atoms with Gasteiger partial charge in [0, 0.05) is 17.7 Å². The minimum Gasteiger partial charge on any atom is -0.393 e. The first-order valence-electron chi connectivity index (χ1n) is 12.6. The zero-order chi connectivity index (χ0) is 24.1. The molecule has 0 aliphatic heterocycles. The van der Waals surface area contributed by atoms with Crippen molar-refractivity contribution in [1.29, 1.82) is 0 Å². The summed E-state index contributed by atoms with van der Waals surface area (Å²) in [6.45, 7) is 2.77. The topological polar surface area (TPSA) is 38.7 Å². The monoisotopic (exact) mass is 476 g/mol. The molecule has 2 fully saturated rings. The molecule has 0 spiro atoms. The maximum atomic E-state index is 14.7. The number of ether oxygens (including phenoxy) is 2. The number of benzene rings is 2. The number of hydrogen-bond donors (Lipinski definition) is 1. The molecule has 0 amide bonds. The van der Waals surface area contributed by atoms with Gasteiger partial charge in [0.25, 0.3) is 0 Å². The fraction of sp³-hybridized carbons (Fsp3) is 0.571. The molecule has 2 aromatic rings. The van der Waals surface area contributed by atoms with Crippen molar-refractivity contribution in [1.82, 2.24) is 0 Å². The molecular formula is C28H35F3O3. The van der Waals surface area contributed by atoms with Crippen LogP contribution in [-0.2, 0) is 22.7 Å². The Labute approximate surface area is 200 Å². The molecule has 2 aliphatic carbocycles. The van der Waals surface area contributed by atoms with E-state index in [0.29, 0.717) is 43.4 Å². The highest BCUT2D eigenvalue weighted by molar-refractivity contribution is 5.29. The lowest BCUT2D eigenvalue weighted by Gasteiger charge is -2.29. The summed E-state index contributed by atoms with van der Waals surface area (Å²) in [7, 11) is 0. The number of rotatable bonds is 8. The zero-order valence-electron chi connectivity index (χ0n) is 19.9. The van der Waals surface area contributed by atoms with E-state index in [-0.39, 0.29) is 48.6 Å². The Balaban J connectivity index is 1.29. The Morgan fingerprint density at radius 2 is 1.47 bits per heavy atom. The molecule has 4 rings (SSSR count). The molecule has 0 radical (unpaired) electrons. The van der Waals surface area contributed by atoms with E-state index < -0.39 is 11.6 Å². The van der Waals surface area contributed by atoms with Crippen LogP contribution in [0.15, 0.2) is 30.3 Å². The molecule has 2 aliphatic rings. The molecule has 2 aromatic carbocycles. The van der Waals surface area contributed by atoms with Crippen molar-refractivity contribution < 1.29 is 27.8 Å². The predicted octanol–water partition coefficient (Wildman–Crippen LogP) is 6.90. The van der Waals surface area contributed by atoms with E-state index in [1.807, 2.05) is 13.0 Å². The molecular weight excluding hydrogens is 441 g/mol. The van der Waals surface area contributed by atoms with Crippen LogP contribution in [0, 0.1) is 17.5 Å². The summed E-state index contributed by atoms with van der Waals surface area (Å²) in [6, 6.07) is 8.72. The van der Waals surface area contributed by atoms with Crippen LogP contribution >= 0.6 is 0 Å². The first kappa shape index (κ1) is 25.2. The Morgan fingerprint density at radius 1 is 0.794 bits per heavy atom. The van der Waals surface area contributed by atoms with Gasteiger partial charge < -0.3 is 14.6 Å². The number of halogens is 3. The number of hydrogen-bond acceptors (Lipinski definition) is 3. The highest BCUT2D eigenvalue weighted by atomic mass is 19.2. The molecule has 186 valence electrons. The SMILES string of the molecule is CCOCc1ccc(C2CCC(OCc3ccc(C4CCC(O)CC4)c(F)c3F)CC2)cc1F. The Hall–Kier alpha value is -1.89. The van der Waals surface area contributed by atoms with E-state index in [1.165, 1.54) is 0 Å². The summed E-state index contributed by atoms with van der Waals surface area (Å²) in [4.78, 5) is 0. The third-order valence-corrected chi connectivity index (χ3v) is 7.49. The predicted molar refractivity (Wildman–Crippen MR) is 125 cm³/mol. The molecule has 0 saturated heterocycles. The Morgan fingerprint density at radius 3 is 2.15 bits per heavy atom. The number of aliphatic hydroxyl groups excluding tert-OH is 1. The molecule has 0 heterocycles. The zero-order valence-corrected chi connectivity index (χ0v) is 19.9. The first-order chi connectivity index (χ1) is 16.5.